The molecule has 6 rings (SSSR count). The zero-order valence-corrected chi connectivity index (χ0v) is 20.6. The van der Waals surface area contributed by atoms with Crippen LogP contribution in [-0.2, 0) is 9.47 Å². The lowest BCUT2D eigenvalue weighted by atomic mass is 9.77. The van der Waals surface area contributed by atoms with Crippen molar-refractivity contribution < 1.29 is 28.7 Å². The van der Waals surface area contributed by atoms with Crippen molar-refractivity contribution in [1.29, 1.82) is 0 Å². The van der Waals surface area contributed by atoms with Crippen molar-refractivity contribution in [1.82, 2.24) is 0 Å². The first kappa shape index (κ1) is 23.0. The molecular formula is C30H26O6. The standard InChI is InChI=1S/C30H26O6/c1-13-9-23-25(15(3)35-13)29(33)19-7-5-17(11-21(19)27(23)31)18-6-8-20-22(12-18)28(32)24-10-14(2)36-16(4)26(24)30(20)34/h5-8,11-16H,9-10H2,1-4H3/t13-,14-,15+,16+/m0/s1. The van der Waals surface area contributed by atoms with Crippen LogP contribution in [0.25, 0.3) is 11.1 Å². The van der Waals surface area contributed by atoms with Crippen molar-refractivity contribution in [3.8, 4) is 11.1 Å². The van der Waals surface area contributed by atoms with Crippen LogP contribution in [0, 0.1) is 0 Å². The molecule has 2 aromatic carbocycles. The number of hydrogen-bond acceptors (Lipinski definition) is 6. The highest BCUT2D eigenvalue weighted by molar-refractivity contribution is 6.29. The number of ketones is 4. The Morgan fingerprint density at radius 2 is 0.944 bits per heavy atom. The smallest absolute Gasteiger partial charge is 0.192 e. The Bertz CT molecular complexity index is 1360. The largest absolute Gasteiger partial charge is 0.370 e. The minimum atomic E-state index is -0.424. The molecule has 2 aliphatic heterocycles. The molecule has 2 aromatic rings. The Morgan fingerprint density at radius 1 is 0.556 bits per heavy atom. The van der Waals surface area contributed by atoms with Crippen LogP contribution in [-0.4, -0.2) is 47.5 Å². The van der Waals surface area contributed by atoms with Crippen LogP contribution in [0.2, 0.25) is 0 Å². The van der Waals surface area contributed by atoms with Crippen LogP contribution in [0.3, 0.4) is 0 Å². The molecule has 36 heavy (non-hydrogen) atoms. The molecule has 6 nitrogen and oxygen atoms in total. The lowest BCUT2D eigenvalue weighted by Crippen LogP contribution is -2.36. The van der Waals surface area contributed by atoms with Gasteiger partial charge >= 0.3 is 0 Å². The van der Waals surface area contributed by atoms with Crippen molar-refractivity contribution in [2.24, 2.45) is 0 Å². The lowest BCUT2D eigenvalue weighted by molar-refractivity contribution is 0.0146. The normalized spacial score (nSPS) is 27.6. The molecule has 0 bridgehead atoms. The molecule has 0 N–H and O–H groups in total. The zero-order valence-electron chi connectivity index (χ0n) is 20.6. The Labute approximate surface area is 209 Å². The molecule has 182 valence electrons. The number of Topliss-reactive ketones (excluding diaryl/α,β-unsaturated/α-hetero) is 4. The lowest BCUT2D eigenvalue weighted by Gasteiger charge is -2.33. The van der Waals surface area contributed by atoms with Gasteiger partial charge in [0.25, 0.3) is 0 Å². The monoisotopic (exact) mass is 482 g/mol. The Hall–Kier alpha value is -3.48. The van der Waals surface area contributed by atoms with E-state index in [0.717, 1.165) is 0 Å². The summed E-state index contributed by atoms with van der Waals surface area (Å²) >= 11 is 0. The number of ether oxygens (including phenoxy) is 2. The summed E-state index contributed by atoms with van der Waals surface area (Å²) in [7, 11) is 0. The van der Waals surface area contributed by atoms with E-state index >= 15 is 0 Å². The second-order valence-electron chi connectivity index (χ2n) is 10.2. The number of hydrogen-bond donors (Lipinski definition) is 0. The molecule has 0 saturated heterocycles. The van der Waals surface area contributed by atoms with Crippen molar-refractivity contribution in [2.45, 2.75) is 65.0 Å². The van der Waals surface area contributed by atoms with Gasteiger partial charge in [0.15, 0.2) is 23.1 Å². The van der Waals surface area contributed by atoms with Gasteiger partial charge in [0.2, 0.25) is 0 Å². The molecular weight excluding hydrogens is 456 g/mol. The van der Waals surface area contributed by atoms with Gasteiger partial charge in [0.1, 0.15) is 0 Å². The first-order valence-electron chi connectivity index (χ1n) is 12.4. The quantitative estimate of drug-likeness (QED) is 0.562. The van der Waals surface area contributed by atoms with E-state index in [9.17, 15) is 19.2 Å². The second kappa shape index (κ2) is 8.02. The third-order valence-corrected chi connectivity index (χ3v) is 7.71. The maximum absolute atomic E-state index is 13.4. The van der Waals surface area contributed by atoms with E-state index in [1.54, 1.807) is 36.4 Å². The highest BCUT2D eigenvalue weighted by Gasteiger charge is 2.40. The maximum atomic E-state index is 13.4. The molecule has 0 spiro atoms. The summed E-state index contributed by atoms with van der Waals surface area (Å²) in [4.78, 5) is 53.3. The summed E-state index contributed by atoms with van der Waals surface area (Å²) in [6.45, 7) is 7.41. The second-order valence-corrected chi connectivity index (χ2v) is 10.2. The van der Waals surface area contributed by atoms with Gasteiger partial charge < -0.3 is 9.47 Å². The van der Waals surface area contributed by atoms with E-state index in [1.165, 1.54) is 0 Å². The van der Waals surface area contributed by atoms with E-state index in [-0.39, 0.29) is 35.3 Å². The van der Waals surface area contributed by atoms with Crippen LogP contribution in [0.15, 0.2) is 58.7 Å². The van der Waals surface area contributed by atoms with Gasteiger partial charge in [-0.25, -0.2) is 0 Å². The van der Waals surface area contributed by atoms with Gasteiger partial charge in [-0.2, -0.15) is 0 Å². The fraction of sp³-hybridized carbons (Fsp3) is 0.333. The number of benzene rings is 2. The Kier molecular flexibility index (Phi) is 5.11. The van der Waals surface area contributed by atoms with Gasteiger partial charge in [-0.05, 0) is 63.1 Å². The average Bonchev–Trinajstić information content (AvgIpc) is 2.84. The summed E-state index contributed by atoms with van der Waals surface area (Å²) in [5, 5.41) is 0. The molecule has 0 unspecified atom stereocenters. The topological polar surface area (TPSA) is 86.7 Å². The van der Waals surface area contributed by atoms with Crippen molar-refractivity contribution in [3.63, 3.8) is 0 Å². The summed E-state index contributed by atoms with van der Waals surface area (Å²) in [6, 6.07) is 10.4. The van der Waals surface area contributed by atoms with Gasteiger partial charge in [0.05, 0.1) is 24.4 Å². The van der Waals surface area contributed by atoms with Crippen molar-refractivity contribution in [2.75, 3.05) is 0 Å². The highest BCUT2D eigenvalue weighted by atomic mass is 16.5. The van der Waals surface area contributed by atoms with E-state index in [1.807, 2.05) is 27.7 Å². The number of fused-ring (bicyclic) bond motifs is 2. The van der Waals surface area contributed by atoms with E-state index in [4.69, 9.17) is 9.47 Å². The molecule has 0 amide bonds. The molecule has 4 atom stereocenters. The first-order chi connectivity index (χ1) is 17.2. The summed E-state index contributed by atoms with van der Waals surface area (Å²) < 4.78 is 11.6. The number of rotatable bonds is 1. The minimum absolute atomic E-state index is 0.140. The van der Waals surface area contributed by atoms with E-state index < -0.39 is 12.2 Å². The predicted molar refractivity (Wildman–Crippen MR) is 133 cm³/mol. The molecule has 4 aliphatic rings. The molecule has 2 heterocycles. The van der Waals surface area contributed by atoms with Gasteiger partial charge in [-0.3, -0.25) is 19.2 Å². The molecule has 0 radical (unpaired) electrons. The number of carbonyl (C=O) groups excluding carboxylic acids is 4. The van der Waals surface area contributed by atoms with Crippen molar-refractivity contribution >= 4 is 23.1 Å². The molecule has 0 fully saturated rings. The number of carbonyl (C=O) groups is 4. The third kappa shape index (κ3) is 3.25. The zero-order chi connectivity index (χ0) is 25.5. The van der Waals surface area contributed by atoms with Crippen molar-refractivity contribution in [3.05, 3.63) is 80.9 Å². The van der Waals surface area contributed by atoms with Crippen LogP contribution < -0.4 is 0 Å². The highest BCUT2D eigenvalue weighted by Crippen LogP contribution is 2.39. The van der Waals surface area contributed by atoms with Gasteiger partial charge in [0, 0.05) is 57.4 Å². The van der Waals surface area contributed by atoms with Gasteiger partial charge in [-0.1, -0.05) is 12.1 Å². The average molecular weight is 483 g/mol. The SMILES string of the molecule is C[C@H]1CC2=C(C(=O)c3ccc(-c4ccc5c(c4)C(=O)C4=C(C5=O)[C@@H](C)O[C@@H](C)C4)cc3C2=O)[C@@H](C)O1. The Balaban J connectivity index is 1.41. The summed E-state index contributed by atoms with van der Waals surface area (Å²) in [5.41, 5.74) is 4.89. The molecule has 2 aliphatic carbocycles. The van der Waals surface area contributed by atoms with Crippen LogP contribution >= 0.6 is 0 Å². The van der Waals surface area contributed by atoms with E-state index in [2.05, 4.69) is 0 Å². The minimum Gasteiger partial charge on any atom is -0.370 e. The molecule has 6 heteroatoms. The van der Waals surface area contributed by atoms with Crippen LogP contribution in [0.4, 0.5) is 0 Å². The van der Waals surface area contributed by atoms with Crippen LogP contribution in [0.1, 0.15) is 82.0 Å². The fourth-order valence-corrected chi connectivity index (χ4v) is 6.12. The van der Waals surface area contributed by atoms with Gasteiger partial charge in [-0.15, -0.1) is 0 Å². The van der Waals surface area contributed by atoms with E-state index in [0.29, 0.717) is 68.5 Å². The predicted octanol–water partition coefficient (Wildman–Crippen LogP) is 5.10. The summed E-state index contributed by atoms with van der Waals surface area (Å²) in [5.74, 6) is -0.627. The third-order valence-electron chi connectivity index (χ3n) is 7.71. The summed E-state index contributed by atoms with van der Waals surface area (Å²) in [6.07, 6.45) is -0.319. The van der Waals surface area contributed by atoms with Crippen LogP contribution in [0.5, 0.6) is 0 Å². The fourth-order valence-electron chi connectivity index (χ4n) is 6.12. The first-order valence-corrected chi connectivity index (χ1v) is 12.4. The molecule has 0 saturated carbocycles. The molecule has 0 aromatic heterocycles. The Morgan fingerprint density at radius 3 is 1.33 bits per heavy atom. The maximum Gasteiger partial charge on any atom is 0.192 e.